The van der Waals surface area contributed by atoms with Gasteiger partial charge in [0.05, 0.1) is 17.1 Å². The van der Waals surface area contributed by atoms with Crippen molar-refractivity contribution in [1.29, 1.82) is 0 Å². The Bertz CT molecular complexity index is 1030. The quantitative estimate of drug-likeness (QED) is 0.846. The second-order valence-electron chi connectivity index (χ2n) is 7.42. The maximum atomic E-state index is 14.4. The van der Waals surface area contributed by atoms with Crippen molar-refractivity contribution in [2.45, 2.75) is 18.5 Å². The molecule has 0 amide bonds. The number of likely N-dealkylation sites (tertiary alicyclic amines) is 1. The number of anilines is 3. The second kappa shape index (κ2) is 6.40. The number of fused-ring (bicyclic) bond motifs is 3. The van der Waals surface area contributed by atoms with E-state index in [1.165, 1.54) is 4.31 Å². The van der Waals surface area contributed by atoms with Gasteiger partial charge in [0, 0.05) is 44.3 Å². The Labute approximate surface area is 162 Å². The molecule has 9 heteroatoms. The molecule has 0 radical (unpaired) electrons. The fourth-order valence-electron chi connectivity index (χ4n) is 4.47. The normalized spacial score (nSPS) is 25.5. The highest BCUT2D eigenvalue weighted by molar-refractivity contribution is 7.95. The molecule has 2 saturated heterocycles. The second-order valence-corrected chi connectivity index (χ2v) is 9.12. The summed E-state index contributed by atoms with van der Waals surface area (Å²) in [6.07, 6.45) is 1.09. The molecule has 3 aliphatic heterocycles. The van der Waals surface area contributed by atoms with Crippen LogP contribution in [0.5, 0.6) is 0 Å². The highest BCUT2D eigenvalue weighted by Crippen LogP contribution is 2.45. The average molecular weight is 406 g/mol. The largest absolute Gasteiger partial charge is 0.331 e. The maximum absolute atomic E-state index is 14.4. The molecule has 2 bridgehead atoms. The fraction of sp³-hybridized carbons (Fsp3) is 0.368. The molecule has 0 aliphatic carbocycles. The lowest BCUT2D eigenvalue weighted by molar-refractivity contribution is 0.233. The molecule has 0 aromatic heterocycles. The molecule has 6 nitrogen and oxygen atoms in total. The first kappa shape index (κ1) is 17.8. The summed E-state index contributed by atoms with van der Waals surface area (Å²) in [6.45, 7) is 2.73. The van der Waals surface area contributed by atoms with Crippen molar-refractivity contribution in [3.8, 4) is 0 Å². The minimum Gasteiger partial charge on any atom is -0.311 e. The Morgan fingerprint density at radius 3 is 2.50 bits per heavy atom. The van der Waals surface area contributed by atoms with Gasteiger partial charge in [-0.25, -0.2) is 17.4 Å². The molecule has 2 atom stereocenters. The average Bonchev–Trinajstić information content (AvgIpc) is 3.32. The van der Waals surface area contributed by atoms with Crippen LogP contribution in [0.25, 0.3) is 0 Å². The third kappa shape index (κ3) is 2.68. The van der Waals surface area contributed by atoms with Crippen LogP contribution in [0.15, 0.2) is 42.5 Å². The third-order valence-corrected chi connectivity index (χ3v) is 7.56. The summed E-state index contributed by atoms with van der Waals surface area (Å²) in [5.41, 5.74) is 0.701. The standard InChI is InChI=1S/C19H20F2N4O2S/c20-13-5-6-17(16(21)9-13)25-19-4-2-1-3-18(19)24(28(25,26)27)8-7-23-12-14-10-15(23)11-22-14/h1-6,9,14-15,22H,7-8,10-12H2/t14-,15-/m0/s1. The molecule has 2 aromatic rings. The van der Waals surface area contributed by atoms with E-state index in [2.05, 4.69) is 10.2 Å². The lowest BCUT2D eigenvalue weighted by Gasteiger charge is -2.29. The van der Waals surface area contributed by atoms with E-state index >= 15 is 0 Å². The van der Waals surface area contributed by atoms with E-state index in [0.29, 0.717) is 36.1 Å². The number of piperazine rings is 1. The summed E-state index contributed by atoms with van der Waals surface area (Å²) in [5, 5.41) is 3.43. The third-order valence-electron chi connectivity index (χ3n) is 5.77. The number of nitrogens with one attached hydrogen (secondary N) is 1. The molecule has 5 rings (SSSR count). The smallest absolute Gasteiger partial charge is 0.311 e. The first-order valence-corrected chi connectivity index (χ1v) is 10.7. The van der Waals surface area contributed by atoms with Gasteiger partial charge in [-0.1, -0.05) is 12.1 Å². The van der Waals surface area contributed by atoms with E-state index < -0.39 is 21.8 Å². The molecule has 2 fully saturated rings. The first-order valence-electron chi connectivity index (χ1n) is 9.29. The van der Waals surface area contributed by atoms with Crippen LogP contribution in [0.4, 0.5) is 25.8 Å². The maximum Gasteiger partial charge on any atom is 0.331 e. The number of benzene rings is 2. The van der Waals surface area contributed by atoms with Gasteiger partial charge < -0.3 is 5.32 Å². The lowest BCUT2D eigenvalue weighted by atomic mass is 10.2. The molecule has 28 heavy (non-hydrogen) atoms. The van der Waals surface area contributed by atoms with Crippen LogP contribution in [0.1, 0.15) is 6.42 Å². The molecular weight excluding hydrogens is 386 g/mol. The van der Waals surface area contributed by atoms with E-state index in [0.717, 1.165) is 35.9 Å². The van der Waals surface area contributed by atoms with Crippen molar-refractivity contribution in [3.05, 3.63) is 54.1 Å². The van der Waals surface area contributed by atoms with Crippen molar-refractivity contribution in [2.24, 2.45) is 0 Å². The van der Waals surface area contributed by atoms with Crippen molar-refractivity contribution in [2.75, 3.05) is 34.8 Å². The molecule has 2 aromatic carbocycles. The van der Waals surface area contributed by atoms with Crippen LogP contribution in [-0.2, 0) is 10.2 Å². The summed E-state index contributed by atoms with van der Waals surface area (Å²) in [4.78, 5) is 2.31. The number of halogens is 2. The van der Waals surface area contributed by atoms with E-state index in [1.807, 2.05) is 0 Å². The predicted octanol–water partition coefficient (Wildman–Crippen LogP) is 2.21. The minimum atomic E-state index is -4.02. The van der Waals surface area contributed by atoms with E-state index in [4.69, 9.17) is 0 Å². The summed E-state index contributed by atoms with van der Waals surface area (Å²) in [7, 11) is -4.02. The van der Waals surface area contributed by atoms with Gasteiger partial charge in [-0.2, -0.15) is 8.42 Å². The number of nitrogens with zero attached hydrogens (tertiary/aromatic N) is 3. The van der Waals surface area contributed by atoms with Crippen LogP contribution in [-0.4, -0.2) is 51.6 Å². The van der Waals surface area contributed by atoms with E-state index in [1.54, 1.807) is 24.3 Å². The van der Waals surface area contributed by atoms with Crippen molar-refractivity contribution in [3.63, 3.8) is 0 Å². The predicted molar refractivity (Wildman–Crippen MR) is 103 cm³/mol. The lowest BCUT2D eigenvalue weighted by Crippen LogP contribution is -2.47. The van der Waals surface area contributed by atoms with Crippen LogP contribution >= 0.6 is 0 Å². The zero-order valence-electron chi connectivity index (χ0n) is 15.1. The molecule has 1 N–H and O–H groups in total. The molecule has 3 aliphatic rings. The Morgan fingerprint density at radius 1 is 1.04 bits per heavy atom. The summed E-state index contributed by atoms with van der Waals surface area (Å²) in [5.74, 6) is -1.66. The molecule has 0 spiro atoms. The van der Waals surface area contributed by atoms with Gasteiger partial charge >= 0.3 is 10.2 Å². The molecule has 148 valence electrons. The topological polar surface area (TPSA) is 55.9 Å². The fourth-order valence-corrected chi connectivity index (χ4v) is 6.18. The van der Waals surface area contributed by atoms with Gasteiger partial charge in [-0.3, -0.25) is 4.90 Å². The van der Waals surface area contributed by atoms with Crippen LogP contribution in [0.2, 0.25) is 0 Å². The minimum absolute atomic E-state index is 0.180. The Morgan fingerprint density at radius 2 is 1.82 bits per heavy atom. The highest BCUT2D eigenvalue weighted by atomic mass is 32.2. The van der Waals surface area contributed by atoms with Gasteiger partial charge in [-0.15, -0.1) is 0 Å². The number of hydrogen-bond donors (Lipinski definition) is 1. The zero-order valence-corrected chi connectivity index (χ0v) is 15.9. The van der Waals surface area contributed by atoms with Crippen molar-refractivity contribution in [1.82, 2.24) is 10.2 Å². The summed E-state index contributed by atoms with van der Waals surface area (Å²) >= 11 is 0. The van der Waals surface area contributed by atoms with Crippen LogP contribution < -0.4 is 13.9 Å². The number of rotatable bonds is 4. The van der Waals surface area contributed by atoms with Crippen molar-refractivity contribution < 1.29 is 17.2 Å². The molecular formula is C19H20F2N4O2S. The van der Waals surface area contributed by atoms with Crippen LogP contribution in [0.3, 0.4) is 0 Å². The summed E-state index contributed by atoms with van der Waals surface area (Å²) in [6, 6.07) is 10.7. The SMILES string of the molecule is O=S1(=O)N(CCN2C[C@@H]3C[C@H]2CN3)c2ccccc2N1c1ccc(F)cc1F. The van der Waals surface area contributed by atoms with Gasteiger partial charge in [0.2, 0.25) is 0 Å². The highest BCUT2D eigenvalue weighted by Gasteiger charge is 2.43. The Balaban J connectivity index is 1.48. The summed E-state index contributed by atoms with van der Waals surface area (Å²) < 4.78 is 56.7. The zero-order chi connectivity index (χ0) is 19.5. The van der Waals surface area contributed by atoms with Gasteiger partial charge in [-0.05, 0) is 30.7 Å². The number of para-hydroxylation sites is 2. The van der Waals surface area contributed by atoms with Gasteiger partial charge in [0.1, 0.15) is 5.82 Å². The van der Waals surface area contributed by atoms with Crippen LogP contribution in [0, 0.1) is 11.6 Å². The number of hydrogen-bond acceptors (Lipinski definition) is 4. The molecule has 0 unspecified atom stereocenters. The van der Waals surface area contributed by atoms with E-state index in [9.17, 15) is 17.2 Å². The van der Waals surface area contributed by atoms with Gasteiger partial charge in [0.15, 0.2) is 5.82 Å². The van der Waals surface area contributed by atoms with E-state index in [-0.39, 0.29) is 12.2 Å². The molecule has 3 heterocycles. The Kier molecular flexibility index (Phi) is 4.08. The molecule has 0 saturated carbocycles. The monoisotopic (exact) mass is 406 g/mol. The van der Waals surface area contributed by atoms with Crippen molar-refractivity contribution >= 4 is 27.3 Å². The Hall–Kier alpha value is -2.23. The van der Waals surface area contributed by atoms with Gasteiger partial charge in [0.25, 0.3) is 0 Å². The first-order chi connectivity index (χ1) is 13.4.